The lowest BCUT2D eigenvalue weighted by atomic mass is 10.1. The Kier molecular flexibility index (Phi) is 5.52. The summed E-state index contributed by atoms with van der Waals surface area (Å²) < 4.78 is 27.2. The van der Waals surface area contributed by atoms with Crippen molar-refractivity contribution < 1.29 is 8.42 Å². The lowest BCUT2D eigenvalue weighted by Crippen LogP contribution is -2.23. The van der Waals surface area contributed by atoms with Crippen LogP contribution < -0.4 is 10.0 Å². The Morgan fingerprint density at radius 1 is 1.19 bits per heavy atom. The molecule has 0 aliphatic rings. The second-order valence-electron chi connectivity index (χ2n) is 4.78. The van der Waals surface area contributed by atoms with Crippen molar-refractivity contribution in [3.63, 3.8) is 0 Å². The zero-order chi connectivity index (χ0) is 15.3. The van der Waals surface area contributed by atoms with Crippen molar-refractivity contribution >= 4 is 21.4 Å². The summed E-state index contributed by atoms with van der Waals surface area (Å²) >= 11 is 1.46. The highest BCUT2D eigenvalue weighted by atomic mass is 32.2. The molecule has 0 saturated heterocycles. The fourth-order valence-corrected chi connectivity index (χ4v) is 4.16. The summed E-state index contributed by atoms with van der Waals surface area (Å²) in [6.07, 6.45) is 0. The van der Waals surface area contributed by atoms with E-state index >= 15 is 0 Å². The minimum atomic E-state index is -3.45. The summed E-state index contributed by atoms with van der Waals surface area (Å²) in [5.74, 6) is 0. The lowest BCUT2D eigenvalue weighted by Gasteiger charge is -2.07. The van der Waals surface area contributed by atoms with Crippen molar-refractivity contribution in [1.29, 1.82) is 0 Å². The molecule has 21 heavy (non-hydrogen) atoms. The molecule has 114 valence electrons. The van der Waals surface area contributed by atoms with Crippen LogP contribution in [-0.4, -0.2) is 15.0 Å². The van der Waals surface area contributed by atoms with E-state index in [1.54, 1.807) is 11.4 Å². The standard InChI is InChI=1S/C15H20N2O2S2/c1-3-16-10-14-8-15(11-20-14)21(18,19)17-9-13-7-5-4-6-12(13)2/h4-8,11,16-17H,3,9-10H2,1-2H3. The number of aryl methyl sites for hydroxylation is 1. The Balaban J connectivity index is 2.05. The van der Waals surface area contributed by atoms with E-state index in [1.807, 2.05) is 38.1 Å². The van der Waals surface area contributed by atoms with Gasteiger partial charge < -0.3 is 5.32 Å². The molecule has 0 aliphatic carbocycles. The Hall–Kier alpha value is -1.21. The summed E-state index contributed by atoms with van der Waals surface area (Å²) in [5, 5.41) is 4.88. The van der Waals surface area contributed by atoms with Crippen molar-refractivity contribution in [3.8, 4) is 0 Å². The van der Waals surface area contributed by atoms with Crippen LogP contribution in [0, 0.1) is 6.92 Å². The lowest BCUT2D eigenvalue weighted by molar-refractivity contribution is 0.581. The van der Waals surface area contributed by atoms with Crippen molar-refractivity contribution in [2.24, 2.45) is 0 Å². The molecule has 0 fully saturated rings. The molecular weight excluding hydrogens is 304 g/mol. The SMILES string of the molecule is CCNCc1cc(S(=O)(=O)NCc2ccccc2C)cs1. The van der Waals surface area contributed by atoms with Crippen LogP contribution >= 0.6 is 11.3 Å². The van der Waals surface area contributed by atoms with E-state index in [1.165, 1.54) is 11.3 Å². The van der Waals surface area contributed by atoms with Gasteiger partial charge in [-0.1, -0.05) is 31.2 Å². The monoisotopic (exact) mass is 324 g/mol. The van der Waals surface area contributed by atoms with Crippen molar-refractivity contribution in [2.75, 3.05) is 6.54 Å². The number of hydrogen-bond acceptors (Lipinski definition) is 4. The maximum absolute atomic E-state index is 12.3. The fourth-order valence-electron chi connectivity index (χ4n) is 1.91. The van der Waals surface area contributed by atoms with E-state index in [-0.39, 0.29) is 0 Å². The third-order valence-corrected chi connectivity index (χ3v) is 5.67. The van der Waals surface area contributed by atoms with Crippen LogP contribution in [0.5, 0.6) is 0 Å². The Morgan fingerprint density at radius 3 is 2.67 bits per heavy atom. The number of rotatable bonds is 7. The maximum atomic E-state index is 12.3. The van der Waals surface area contributed by atoms with Crippen molar-refractivity contribution in [2.45, 2.75) is 31.8 Å². The highest BCUT2D eigenvalue weighted by molar-refractivity contribution is 7.89. The third kappa shape index (κ3) is 4.38. The molecule has 2 aromatic rings. The quantitative estimate of drug-likeness (QED) is 0.823. The minimum absolute atomic E-state index is 0.313. The van der Waals surface area contributed by atoms with Crippen LogP contribution in [0.3, 0.4) is 0 Å². The van der Waals surface area contributed by atoms with E-state index in [0.717, 1.165) is 22.5 Å². The molecule has 0 unspecified atom stereocenters. The Labute approximate surface area is 130 Å². The molecule has 4 nitrogen and oxygen atoms in total. The number of nitrogens with one attached hydrogen (secondary N) is 2. The normalized spacial score (nSPS) is 11.7. The third-order valence-electron chi connectivity index (χ3n) is 3.20. The zero-order valence-electron chi connectivity index (χ0n) is 12.2. The average Bonchev–Trinajstić information content (AvgIpc) is 2.94. The van der Waals surface area contributed by atoms with Gasteiger partial charge in [-0.2, -0.15) is 0 Å². The van der Waals surface area contributed by atoms with E-state index in [9.17, 15) is 8.42 Å². The summed E-state index contributed by atoms with van der Waals surface area (Å²) in [7, 11) is -3.45. The molecule has 1 aromatic carbocycles. The van der Waals surface area contributed by atoms with Gasteiger partial charge in [0.05, 0.1) is 4.90 Å². The molecule has 0 aliphatic heterocycles. The van der Waals surface area contributed by atoms with E-state index in [4.69, 9.17) is 0 Å². The highest BCUT2D eigenvalue weighted by Crippen LogP contribution is 2.19. The molecule has 0 bridgehead atoms. The highest BCUT2D eigenvalue weighted by Gasteiger charge is 2.16. The Morgan fingerprint density at radius 2 is 1.95 bits per heavy atom. The van der Waals surface area contributed by atoms with Crippen LogP contribution in [0.4, 0.5) is 0 Å². The van der Waals surface area contributed by atoms with E-state index in [2.05, 4.69) is 10.0 Å². The second kappa shape index (κ2) is 7.17. The summed E-state index contributed by atoms with van der Waals surface area (Å²) in [6.45, 7) is 5.88. The van der Waals surface area contributed by atoms with Crippen LogP contribution in [0.1, 0.15) is 22.9 Å². The van der Waals surface area contributed by atoms with Gasteiger partial charge in [-0.05, 0) is 30.7 Å². The van der Waals surface area contributed by atoms with Crippen LogP contribution in [-0.2, 0) is 23.1 Å². The van der Waals surface area contributed by atoms with E-state index < -0.39 is 10.0 Å². The van der Waals surface area contributed by atoms with Gasteiger partial charge in [0.25, 0.3) is 0 Å². The summed E-state index contributed by atoms with van der Waals surface area (Å²) in [4.78, 5) is 1.36. The summed E-state index contributed by atoms with van der Waals surface area (Å²) in [5.41, 5.74) is 2.07. The summed E-state index contributed by atoms with van der Waals surface area (Å²) in [6, 6.07) is 9.49. The number of thiophene rings is 1. The first-order chi connectivity index (χ1) is 10.0. The van der Waals surface area contributed by atoms with Gasteiger partial charge >= 0.3 is 0 Å². The molecule has 2 N–H and O–H groups in total. The number of hydrogen-bond donors (Lipinski definition) is 2. The molecule has 0 amide bonds. The fraction of sp³-hybridized carbons (Fsp3) is 0.333. The van der Waals surface area contributed by atoms with Gasteiger partial charge in [0.2, 0.25) is 10.0 Å². The molecule has 2 rings (SSSR count). The van der Waals surface area contributed by atoms with Gasteiger partial charge in [-0.15, -0.1) is 11.3 Å². The molecule has 0 atom stereocenters. The van der Waals surface area contributed by atoms with Crippen molar-refractivity contribution in [1.82, 2.24) is 10.0 Å². The number of sulfonamides is 1. The van der Waals surface area contributed by atoms with Crippen molar-refractivity contribution in [3.05, 3.63) is 51.7 Å². The van der Waals surface area contributed by atoms with Crippen LogP contribution in [0.25, 0.3) is 0 Å². The largest absolute Gasteiger partial charge is 0.312 e. The predicted octanol–water partition coefficient (Wildman–Crippen LogP) is 2.64. The smallest absolute Gasteiger partial charge is 0.241 e. The topological polar surface area (TPSA) is 58.2 Å². The average molecular weight is 324 g/mol. The van der Waals surface area contributed by atoms with Gasteiger partial charge in [0.15, 0.2) is 0 Å². The molecule has 0 spiro atoms. The van der Waals surface area contributed by atoms with Gasteiger partial charge in [0, 0.05) is 23.3 Å². The second-order valence-corrected chi connectivity index (χ2v) is 7.54. The van der Waals surface area contributed by atoms with Gasteiger partial charge in [-0.25, -0.2) is 13.1 Å². The van der Waals surface area contributed by atoms with Crippen LogP contribution in [0.2, 0.25) is 0 Å². The molecule has 0 radical (unpaired) electrons. The first-order valence-corrected chi connectivity index (χ1v) is 9.21. The van der Waals surface area contributed by atoms with E-state index in [0.29, 0.717) is 18.0 Å². The minimum Gasteiger partial charge on any atom is -0.312 e. The predicted molar refractivity (Wildman–Crippen MR) is 86.9 cm³/mol. The van der Waals surface area contributed by atoms with Crippen LogP contribution in [0.15, 0.2) is 40.6 Å². The molecular formula is C15H20N2O2S2. The Bertz CT molecular complexity index is 693. The first-order valence-electron chi connectivity index (χ1n) is 6.85. The van der Waals surface area contributed by atoms with Gasteiger partial charge in [-0.3, -0.25) is 0 Å². The molecule has 1 heterocycles. The molecule has 1 aromatic heterocycles. The molecule has 0 saturated carbocycles. The zero-order valence-corrected chi connectivity index (χ0v) is 13.9. The van der Waals surface area contributed by atoms with Gasteiger partial charge in [0.1, 0.15) is 0 Å². The molecule has 6 heteroatoms. The number of benzene rings is 1. The maximum Gasteiger partial charge on any atom is 0.241 e. The first kappa shape index (κ1) is 16.2.